The SMILES string of the molecule is Cc1cn(C)c2c1Nc1ccccc1NC2=O. The lowest BCUT2D eigenvalue weighted by atomic mass is 10.2. The highest BCUT2D eigenvalue weighted by atomic mass is 16.2. The van der Waals surface area contributed by atoms with Crippen LogP contribution in [-0.2, 0) is 7.05 Å². The summed E-state index contributed by atoms with van der Waals surface area (Å²) < 4.78 is 1.85. The number of nitrogens with one attached hydrogen (secondary N) is 2. The van der Waals surface area contributed by atoms with Gasteiger partial charge in [0, 0.05) is 13.2 Å². The van der Waals surface area contributed by atoms with Gasteiger partial charge >= 0.3 is 0 Å². The number of rotatable bonds is 0. The molecule has 3 rings (SSSR count). The quantitative estimate of drug-likeness (QED) is 0.726. The molecule has 1 aliphatic heterocycles. The molecule has 0 saturated heterocycles. The zero-order valence-corrected chi connectivity index (χ0v) is 9.74. The second-order valence-electron chi connectivity index (χ2n) is 4.27. The van der Waals surface area contributed by atoms with Crippen molar-refractivity contribution in [2.75, 3.05) is 10.6 Å². The summed E-state index contributed by atoms with van der Waals surface area (Å²) in [6.07, 6.45) is 1.95. The Morgan fingerprint density at radius 1 is 1.12 bits per heavy atom. The van der Waals surface area contributed by atoms with Crippen LogP contribution in [0.4, 0.5) is 17.1 Å². The molecule has 1 aromatic heterocycles. The van der Waals surface area contributed by atoms with Crippen LogP contribution in [0.2, 0.25) is 0 Å². The highest BCUT2D eigenvalue weighted by molar-refractivity contribution is 6.11. The monoisotopic (exact) mass is 227 g/mol. The molecular weight excluding hydrogens is 214 g/mol. The number of fused-ring (bicyclic) bond motifs is 2. The lowest BCUT2D eigenvalue weighted by Crippen LogP contribution is -2.14. The lowest BCUT2D eigenvalue weighted by Gasteiger charge is -2.07. The molecule has 0 unspecified atom stereocenters. The van der Waals surface area contributed by atoms with Gasteiger partial charge in [0.2, 0.25) is 0 Å². The largest absolute Gasteiger partial charge is 0.352 e. The number of aryl methyl sites for hydroxylation is 2. The summed E-state index contributed by atoms with van der Waals surface area (Å²) >= 11 is 0. The first-order valence-corrected chi connectivity index (χ1v) is 5.50. The topological polar surface area (TPSA) is 46.1 Å². The Bertz CT molecular complexity index is 613. The zero-order chi connectivity index (χ0) is 12.0. The van der Waals surface area contributed by atoms with Gasteiger partial charge in [-0.15, -0.1) is 0 Å². The van der Waals surface area contributed by atoms with Crippen molar-refractivity contribution in [1.82, 2.24) is 4.57 Å². The number of nitrogens with zero attached hydrogens (tertiary/aromatic N) is 1. The Morgan fingerprint density at radius 2 is 1.76 bits per heavy atom. The summed E-state index contributed by atoms with van der Waals surface area (Å²) in [5.74, 6) is -0.0759. The van der Waals surface area contributed by atoms with Gasteiger partial charge in [-0.1, -0.05) is 12.1 Å². The van der Waals surface area contributed by atoms with E-state index in [1.54, 1.807) is 0 Å². The maximum Gasteiger partial charge on any atom is 0.274 e. The predicted molar refractivity (Wildman–Crippen MR) is 67.8 cm³/mol. The van der Waals surface area contributed by atoms with Gasteiger partial charge in [-0.2, -0.15) is 0 Å². The van der Waals surface area contributed by atoms with E-state index in [1.165, 1.54) is 0 Å². The summed E-state index contributed by atoms with van der Waals surface area (Å²) in [4.78, 5) is 12.1. The van der Waals surface area contributed by atoms with Crippen LogP contribution >= 0.6 is 0 Å². The molecule has 0 radical (unpaired) electrons. The van der Waals surface area contributed by atoms with Crippen LogP contribution in [0.5, 0.6) is 0 Å². The maximum absolute atomic E-state index is 12.1. The van der Waals surface area contributed by atoms with Gasteiger partial charge in [0.25, 0.3) is 5.91 Å². The molecule has 17 heavy (non-hydrogen) atoms. The van der Waals surface area contributed by atoms with Gasteiger partial charge in [0.05, 0.1) is 17.1 Å². The number of aromatic nitrogens is 1. The molecule has 1 amide bonds. The molecule has 0 spiro atoms. The van der Waals surface area contributed by atoms with Gasteiger partial charge in [-0.25, -0.2) is 0 Å². The van der Waals surface area contributed by atoms with E-state index >= 15 is 0 Å². The van der Waals surface area contributed by atoms with E-state index in [4.69, 9.17) is 0 Å². The summed E-state index contributed by atoms with van der Waals surface area (Å²) in [7, 11) is 1.88. The van der Waals surface area contributed by atoms with Crippen molar-refractivity contribution in [3.63, 3.8) is 0 Å². The number of carbonyl (C=O) groups excluding carboxylic acids is 1. The van der Waals surface area contributed by atoms with Crippen LogP contribution in [0.1, 0.15) is 16.1 Å². The predicted octanol–water partition coefficient (Wildman–Crippen LogP) is 2.64. The fourth-order valence-corrected chi connectivity index (χ4v) is 2.23. The fourth-order valence-electron chi connectivity index (χ4n) is 2.23. The van der Waals surface area contributed by atoms with Crippen molar-refractivity contribution in [2.24, 2.45) is 7.05 Å². The summed E-state index contributed by atoms with van der Waals surface area (Å²) in [5.41, 5.74) is 4.35. The molecule has 2 heterocycles. The van der Waals surface area contributed by atoms with Crippen molar-refractivity contribution >= 4 is 23.0 Å². The second-order valence-corrected chi connectivity index (χ2v) is 4.27. The van der Waals surface area contributed by atoms with Crippen molar-refractivity contribution < 1.29 is 4.79 Å². The molecule has 0 aliphatic carbocycles. The van der Waals surface area contributed by atoms with Gasteiger partial charge in [-0.05, 0) is 24.6 Å². The van der Waals surface area contributed by atoms with Crippen LogP contribution in [0.15, 0.2) is 30.5 Å². The first-order chi connectivity index (χ1) is 8.16. The lowest BCUT2D eigenvalue weighted by molar-refractivity contribution is 0.102. The van der Waals surface area contributed by atoms with E-state index in [0.717, 1.165) is 22.6 Å². The average molecular weight is 227 g/mol. The first kappa shape index (κ1) is 9.96. The molecule has 0 bridgehead atoms. The summed E-state index contributed by atoms with van der Waals surface area (Å²) in [6, 6.07) is 7.70. The zero-order valence-electron chi connectivity index (χ0n) is 9.74. The van der Waals surface area contributed by atoms with Crippen molar-refractivity contribution in [3.05, 3.63) is 41.7 Å². The van der Waals surface area contributed by atoms with Crippen molar-refractivity contribution in [1.29, 1.82) is 0 Å². The smallest absolute Gasteiger partial charge is 0.274 e. The van der Waals surface area contributed by atoms with Crippen LogP contribution in [0.3, 0.4) is 0 Å². The Kier molecular flexibility index (Phi) is 1.98. The molecular formula is C13H13N3O. The van der Waals surface area contributed by atoms with E-state index < -0.39 is 0 Å². The number of hydrogen-bond acceptors (Lipinski definition) is 2. The van der Waals surface area contributed by atoms with Crippen LogP contribution < -0.4 is 10.6 Å². The maximum atomic E-state index is 12.1. The van der Waals surface area contributed by atoms with Crippen molar-refractivity contribution in [2.45, 2.75) is 6.92 Å². The Hall–Kier alpha value is -2.23. The molecule has 2 aromatic rings. The number of carbonyl (C=O) groups is 1. The highest BCUT2D eigenvalue weighted by Crippen LogP contribution is 2.34. The normalized spacial score (nSPS) is 13.2. The molecule has 0 saturated carbocycles. The first-order valence-electron chi connectivity index (χ1n) is 5.50. The second kappa shape index (κ2) is 3.38. The summed E-state index contributed by atoms with van der Waals surface area (Å²) in [6.45, 7) is 1.99. The number of benzene rings is 1. The molecule has 0 atom stereocenters. The molecule has 0 fully saturated rings. The highest BCUT2D eigenvalue weighted by Gasteiger charge is 2.23. The standard InChI is InChI=1S/C13H13N3O/c1-8-7-16(2)12-11(8)14-9-5-3-4-6-10(9)15-13(12)17/h3-7,14H,1-2H3,(H,15,17). The van der Waals surface area contributed by atoms with E-state index in [9.17, 15) is 4.79 Å². The summed E-state index contributed by atoms with van der Waals surface area (Å²) in [5, 5.41) is 6.23. The minimum atomic E-state index is -0.0759. The van der Waals surface area contributed by atoms with E-state index in [-0.39, 0.29) is 5.91 Å². The Labute approximate surface area is 99.3 Å². The van der Waals surface area contributed by atoms with Gasteiger partial charge in [0.1, 0.15) is 5.69 Å². The van der Waals surface area contributed by atoms with Crippen LogP contribution in [0.25, 0.3) is 0 Å². The molecule has 1 aliphatic rings. The Morgan fingerprint density at radius 3 is 2.47 bits per heavy atom. The number of para-hydroxylation sites is 2. The molecule has 4 heteroatoms. The van der Waals surface area contributed by atoms with Gasteiger partial charge in [-0.3, -0.25) is 4.79 Å². The molecule has 2 N–H and O–H groups in total. The average Bonchev–Trinajstić information content (AvgIpc) is 2.49. The van der Waals surface area contributed by atoms with E-state index in [1.807, 2.05) is 49.0 Å². The van der Waals surface area contributed by atoms with Gasteiger partial charge in [0.15, 0.2) is 0 Å². The van der Waals surface area contributed by atoms with Crippen LogP contribution in [-0.4, -0.2) is 10.5 Å². The number of hydrogen-bond donors (Lipinski definition) is 2. The third kappa shape index (κ3) is 1.41. The number of anilines is 3. The third-order valence-electron chi connectivity index (χ3n) is 3.02. The van der Waals surface area contributed by atoms with Crippen LogP contribution in [0, 0.1) is 6.92 Å². The van der Waals surface area contributed by atoms with E-state index in [2.05, 4.69) is 10.6 Å². The molecule has 4 nitrogen and oxygen atoms in total. The minimum Gasteiger partial charge on any atom is -0.352 e. The van der Waals surface area contributed by atoms with Crippen molar-refractivity contribution in [3.8, 4) is 0 Å². The van der Waals surface area contributed by atoms with Gasteiger partial charge < -0.3 is 15.2 Å². The van der Waals surface area contributed by atoms with E-state index in [0.29, 0.717) is 5.69 Å². The molecule has 1 aromatic carbocycles. The third-order valence-corrected chi connectivity index (χ3v) is 3.02. The molecule has 86 valence electrons. The Balaban J connectivity index is 2.23. The minimum absolute atomic E-state index is 0.0759. The fraction of sp³-hybridized carbons (Fsp3) is 0.154. The number of amides is 1.